The van der Waals surface area contributed by atoms with Crippen LogP contribution < -0.4 is 10.1 Å². The number of rotatable bonds is 6. The van der Waals surface area contributed by atoms with E-state index in [1.54, 1.807) is 12.1 Å². The van der Waals surface area contributed by atoms with Gasteiger partial charge in [-0.2, -0.15) is 0 Å². The summed E-state index contributed by atoms with van der Waals surface area (Å²) >= 11 is 0. The summed E-state index contributed by atoms with van der Waals surface area (Å²) in [5.74, 6) is 0.0457. The van der Waals surface area contributed by atoms with Crippen molar-refractivity contribution < 1.29 is 23.8 Å². The van der Waals surface area contributed by atoms with Crippen LogP contribution in [-0.4, -0.2) is 45.9 Å². The van der Waals surface area contributed by atoms with Crippen LogP contribution in [-0.2, 0) is 9.47 Å². The third kappa shape index (κ3) is 5.41. The smallest absolute Gasteiger partial charge is 0.338 e. The predicted molar refractivity (Wildman–Crippen MR) is 87.5 cm³/mol. The zero-order valence-electron chi connectivity index (χ0n) is 13.3. The molecule has 1 saturated heterocycles. The van der Waals surface area contributed by atoms with E-state index >= 15 is 0 Å². The summed E-state index contributed by atoms with van der Waals surface area (Å²) in [4.78, 5) is 23.3. The normalized spacial score (nSPS) is 16.3. The van der Waals surface area contributed by atoms with E-state index in [0.29, 0.717) is 18.3 Å². The molecular formula is C16H22ClNO5. The van der Waals surface area contributed by atoms with Crippen molar-refractivity contribution in [3.05, 3.63) is 29.3 Å². The standard InChI is InChI=1S/C16H21NO5.ClH/c1-20-15(18)12-7-13(16(19)21-2)9-14(8-12)22-6-4-11-3-5-17-10-11;/h7-9,11,17H,3-6,10H2,1-2H3;1H. The Bertz CT molecular complexity index is 509. The lowest BCUT2D eigenvalue weighted by atomic mass is 10.1. The van der Waals surface area contributed by atoms with Gasteiger partial charge in [0.25, 0.3) is 0 Å². The number of nitrogens with one attached hydrogen (secondary N) is 1. The average molecular weight is 344 g/mol. The number of hydrogen-bond acceptors (Lipinski definition) is 6. The molecule has 0 amide bonds. The van der Waals surface area contributed by atoms with Crippen molar-refractivity contribution in [3.8, 4) is 5.75 Å². The second kappa shape index (κ2) is 9.37. The fraction of sp³-hybridized carbons (Fsp3) is 0.500. The molecule has 1 unspecified atom stereocenters. The van der Waals surface area contributed by atoms with Crippen molar-refractivity contribution in [1.29, 1.82) is 0 Å². The molecular weight excluding hydrogens is 322 g/mol. The molecule has 0 bridgehead atoms. The van der Waals surface area contributed by atoms with E-state index in [4.69, 9.17) is 14.2 Å². The summed E-state index contributed by atoms with van der Waals surface area (Å²) in [6, 6.07) is 4.59. The number of esters is 2. The lowest BCUT2D eigenvalue weighted by Crippen LogP contribution is -2.12. The molecule has 1 aromatic carbocycles. The summed E-state index contributed by atoms with van der Waals surface area (Å²) in [7, 11) is 2.58. The predicted octanol–water partition coefficient (Wildman–Crippen LogP) is 2.06. The van der Waals surface area contributed by atoms with Gasteiger partial charge in [-0.3, -0.25) is 0 Å². The highest BCUT2D eigenvalue weighted by Gasteiger charge is 2.16. The Balaban J connectivity index is 0.00000264. The van der Waals surface area contributed by atoms with E-state index in [-0.39, 0.29) is 23.5 Å². The van der Waals surface area contributed by atoms with Gasteiger partial charge in [0.15, 0.2) is 0 Å². The molecule has 1 N–H and O–H groups in total. The summed E-state index contributed by atoms with van der Waals surface area (Å²) in [6.07, 6.45) is 2.09. The van der Waals surface area contributed by atoms with Gasteiger partial charge in [0.1, 0.15) is 5.75 Å². The van der Waals surface area contributed by atoms with Crippen molar-refractivity contribution in [3.63, 3.8) is 0 Å². The van der Waals surface area contributed by atoms with Gasteiger partial charge in [-0.1, -0.05) is 0 Å². The SMILES string of the molecule is COC(=O)c1cc(OCCC2CCNC2)cc(C(=O)OC)c1.Cl. The van der Waals surface area contributed by atoms with Crippen molar-refractivity contribution >= 4 is 24.3 Å². The molecule has 23 heavy (non-hydrogen) atoms. The first-order chi connectivity index (χ1) is 10.6. The minimum absolute atomic E-state index is 0. The summed E-state index contributed by atoms with van der Waals surface area (Å²) in [5.41, 5.74) is 0.533. The highest BCUT2D eigenvalue weighted by Crippen LogP contribution is 2.20. The van der Waals surface area contributed by atoms with Gasteiger partial charge in [0, 0.05) is 0 Å². The van der Waals surface area contributed by atoms with Gasteiger partial charge in [-0.05, 0) is 50.0 Å². The van der Waals surface area contributed by atoms with Gasteiger partial charge in [-0.15, -0.1) is 12.4 Å². The maximum absolute atomic E-state index is 11.7. The van der Waals surface area contributed by atoms with Crippen LogP contribution in [0, 0.1) is 5.92 Å². The van der Waals surface area contributed by atoms with E-state index in [0.717, 1.165) is 25.9 Å². The maximum Gasteiger partial charge on any atom is 0.338 e. The molecule has 0 saturated carbocycles. The van der Waals surface area contributed by atoms with E-state index < -0.39 is 11.9 Å². The Morgan fingerprint density at radius 3 is 2.22 bits per heavy atom. The molecule has 0 radical (unpaired) electrons. The van der Waals surface area contributed by atoms with Crippen molar-refractivity contribution in [2.75, 3.05) is 33.9 Å². The number of benzene rings is 1. The summed E-state index contributed by atoms with van der Waals surface area (Å²) < 4.78 is 15.1. The molecule has 6 nitrogen and oxygen atoms in total. The van der Waals surface area contributed by atoms with Gasteiger partial charge in [0.05, 0.1) is 32.0 Å². The van der Waals surface area contributed by atoms with Crippen LogP contribution in [0.1, 0.15) is 33.6 Å². The van der Waals surface area contributed by atoms with Gasteiger partial charge >= 0.3 is 11.9 Å². The van der Waals surface area contributed by atoms with Crippen LogP contribution >= 0.6 is 12.4 Å². The Kier molecular flexibility index (Phi) is 7.85. The summed E-state index contributed by atoms with van der Waals surface area (Å²) in [5, 5.41) is 3.31. The van der Waals surface area contributed by atoms with Crippen LogP contribution in [0.5, 0.6) is 5.75 Å². The van der Waals surface area contributed by atoms with E-state index in [1.807, 2.05) is 0 Å². The minimum Gasteiger partial charge on any atom is -0.494 e. The van der Waals surface area contributed by atoms with Gasteiger partial charge in [-0.25, -0.2) is 9.59 Å². The van der Waals surface area contributed by atoms with Crippen molar-refractivity contribution in [1.82, 2.24) is 5.32 Å². The molecule has 2 rings (SSSR count). The second-order valence-electron chi connectivity index (χ2n) is 5.23. The van der Waals surface area contributed by atoms with Crippen molar-refractivity contribution in [2.45, 2.75) is 12.8 Å². The molecule has 1 aliphatic rings. The summed E-state index contributed by atoms with van der Waals surface area (Å²) in [6.45, 7) is 2.60. The number of ether oxygens (including phenoxy) is 3. The quantitative estimate of drug-likeness (QED) is 0.797. The van der Waals surface area contributed by atoms with E-state index in [1.165, 1.54) is 20.3 Å². The largest absolute Gasteiger partial charge is 0.494 e. The lowest BCUT2D eigenvalue weighted by Gasteiger charge is -2.12. The Labute approximate surface area is 141 Å². The Morgan fingerprint density at radius 2 is 1.74 bits per heavy atom. The second-order valence-corrected chi connectivity index (χ2v) is 5.23. The van der Waals surface area contributed by atoms with Crippen molar-refractivity contribution in [2.24, 2.45) is 5.92 Å². The van der Waals surface area contributed by atoms with Gasteiger partial charge < -0.3 is 19.5 Å². The van der Waals surface area contributed by atoms with Crippen LogP contribution in [0.4, 0.5) is 0 Å². The molecule has 1 atom stereocenters. The minimum atomic E-state index is -0.518. The fourth-order valence-electron chi connectivity index (χ4n) is 2.46. The van der Waals surface area contributed by atoms with E-state index in [2.05, 4.69) is 5.32 Å². The van der Waals surface area contributed by atoms with Crippen LogP contribution in [0.3, 0.4) is 0 Å². The lowest BCUT2D eigenvalue weighted by molar-refractivity contribution is 0.0598. The number of hydrogen-bond donors (Lipinski definition) is 1. The Hall–Kier alpha value is -1.79. The number of halogens is 1. The fourth-order valence-corrected chi connectivity index (χ4v) is 2.46. The molecule has 1 aliphatic heterocycles. The number of carbonyl (C=O) groups excluding carboxylic acids is 2. The number of carbonyl (C=O) groups is 2. The first kappa shape index (κ1) is 19.3. The third-order valence-electron chi connectivity index (χ3n) is 3.71. The molecule has 1 heterocycles. The Morgan fingerprint density at radius 1 is 1.13 bits per heavy atom. The first-order valence-electron chi connectivity index (χ1n) is 7.29. The highest BCUT2D eigenvalue weighted by molar-refractivity contribution is 5.96. The molecule has 0 spiro atoms. The topological polar surface area (TPSA) is 73.9 Å². The highest BCUT2D eigenvalue weighted by atomic mass is 35.5. The average Bonchev–Trinajstić information content (AvgIpc) is 3.06. The molecule has 128 valence electrons. The molecule has 0 aliphatic carbocycles. The molecule has 1 aromatic rings. The third-order valence-corrected chi connectivity index (χ3v) is 3.71. The zero-order valence-corrected chi connectivity index (χ0v) is 14.1. The van der Waals surface area contributed by atoms with Crippen LogP contribution in [0.25, 0.3) is 0 Å². The zero-order chi connectivity index (χ0) is 15.9. The molecule has 7 heteroatoms. The maximum atomic E-state index is 11.7. The molecule has 0 aromatic heterocycles. The van der Waals surface area contributed by atoms with Crippen LogP contribution in [0.15, 0.2) is 18.2 Å². The first-order valence-corrected chi connectivity index (χ1v) is 7.29. The number of methoxy groups -OCH3 is 2. The molecule has 1 fully saturated rings. The van der Waals surface area contributed by atoms with Crippen LogP contribution in [0.2, 0.25) is 0 Å². The monoisotopic (exact) mass is 343 g/mol. The van der Waals surface area contributed by atoms with Gasteiger partial charge in [0.2, 0.25) is 0 Å². The van der Waals surface area contributed by atoms with E-state index in [9.17, 15) is 9.59 Å².